The number of nitrogens with zero attached hydrogens (tertiary/aromatic N) is 1. The molecule has 7 nitrogen and oxygen atoms in total. The number of halogens is 1. The second kappa shape index (κ2) is 9.45. The summed E-state index contributed by atoms with van der Waals surface area (Å²) in [6, 6.07) is 12.9. The number of amides is 2. The van der Waals surface area contributed by atoms with Crippen molar-refractivity contribution in [1.29, 1.82) is 0 Å². The molecule has 0 saturated carbocycles. The molecule has 2 aromatic carbocycles. The van der Waals surface area contributed by atoms with E-state index in [1.54, 1.807) is 48.5 Å². The molecule has 1 N–H and O–H groups in total. The molecule has 0 bridgehead atoms. The zero-order valence-corrected chi connectivity index (χ0v) is 17.4. The van der Waals surface area contributed by atoms with Crippen LogP contribution in [0.5, 0.6) is 5.75 Å². The third kappa shape index (κ3) is 4.46. The van der Waals surface area contributed by atoms with Crippen LogP contribution in [0.2, 0.25) is 0 Å². The van der Waals surface area contributed by atoms with Crippen LogP contribution in [0.15, 0.2) is 59.3 Å². The maximum absolute atomic E-state index is 12.8. The van der Waals surface area contributed by atoms with Gasteiger partial charge in [-0.1, -0.05) is 18.5 Å². The molecule has 0 aromatic heterocycles. The highest BCUT2D eigenvalue weighted by Crippen LogP contribution is 2.31. The summed E-state index contributed by atoms with van der Waals surface area (Å²) in [4.78, 5) is 38.3. The summed E-state index contributed by atoms with van der Waals surface area (Å²) in [6.07, 6.45) is 0.735. The molecular weight excluding hydrogens is 408 g/mol. The number of hydrogen-bond donors (Lipinski definition) is 1. The topological polar surface area (TPSA) is 84.9 Å². The minimum absolute atomic E-state index is 0.0307. The SMILES string of the molecule is CCCOC(=O)c1ccc(NC2=C(Cl)C(=O)N(c3ccc(OCC)cc3)C2=O)cc1. The number of imide groups is 1. The lowest BCUT2D eigenvalue weighted by Gasteiger charge is -2.15. The third-order valence-corrected chi connectivity index (χ3v) is 4.61. The molecule has 0 fully saturated rings. The number of anilines is 2. The second-order valence-electron chi connectivity index (χ2n) is 6.40. The van der Waals surface area contributed by atoms with E-state index < -0.39 is 17.8 Å². The highest BCUT2D eigenvalue weighted by atomic mass is 35.5. The van der Waals surface area contributed by atoms with Gasteiger partial charge in [-0.15, -0.1) is 0 Å². The van der Waals surface area contributed by atoms with E-state index in [0.717, 1.165) is 11.3 Å². The molecule has 1 aliphatic heterocycles. The van der Waals surface area contributed by atoms with Gasteiger partial charge >= 0.3 is 5.97 Å². The Kier molecular flexibility index (Phi) is 6.74. The van der Waals surface area contributed by atoms with Gasteiger partial charge in [0.05, 0.1) is 24.5 Å². The van der Waals surface area contributed by atoms with Gasteiger partial charge in [-0.25, -0.2) is 9.69 Å². The van der Waals surface area contributed by atoms with Crippen molar-refractivity contribution in [2.24, 2.45) is 0 Å². The predicted octanol–water partition coefficient (Wildman–Crippen LogP) is 4.09. The van der Waals surface area contributed by atoms with E-state index in [1.165, 1.54) is 0 Å². The van der Waals surface area contributed by atoms with Crippen LogP contribution in [-0.4, -0.2) is 31.0 Å². The normalized spacial score (nSPS) is 13.6. The number of carbonyl (C=O) groups is 3. The van der Waals surface area contributed by atoms with E-state index in [9.17, 15) is 14.4 Å². The smallest absolute Gasteiger partial charge is 0.338 e. The average molecular weight is 429 g/mol. The lowest BCUT2D eigenvalue weighted by Crippen LogP contribution is -2.32. The Balaban J connectivity index is 1.74. The van der Waals surface area contributed by atoms with Crippen molar-refractivity contribution in [2.75, 3.05) is 23.4 Å². The van der Waals surface area contributed by atoms with Crippen LogP contribution in [-0.2, 0) is 14.3 Å². The number of benzene rings is 2. The van der Waals surface area contributed by atoms with Gasteiger partial charge in [0.25, 0.3) is 11.8 Å². The fourth-order valence-corrected chi connectivity index (χ4v) is 3.03. The number of nitrogens with one attached hydrogen (secondary N) is 1. The Bertz CT molecular complexity index is 984. The van der Waals surface area contributed by atoms with Crippen LogP contribution >= 0.6 is 11.6 Å². The molecule has 1 heterocycles. The number of esters is 1. The lowest BCUT2D eigenvalue weighted by atomic mass is 10.2. The summed E-state index contributed by atoms with van der Waals surface area (Å²) in [7, 11) is 0. The van der Waals surface area contributed by atoms with Crippen molar-refractivity contribution in [3.05, 3.63) is 64.8 Å². The van der Waals surface area contributed by atoms with E-state index in [1.807, 2.05) is 13.8 Å². The van der Waals surface area contributed by atoms with Gasteiger partial charge in [0, 0.05) is 5.69 Å². The summed E-state index contributed by atoms with van der Waals surface area (Å²) in [6.45, 7) is 4.63. The molecule has 2 aromatic rings. The summed E-state index contributed by atoms with van der Waals surface area (Å²) in [5.41, 5.74) is 1.25. The van der Waals surface area contributed by atoms with Crippen molar-refractivity contribution in [1.82, 2.24) is 0 Å². The highest BCUT2D eigenvalue weighted by molar-refractivity contribution is 6.53. The molecule has 0 spiro atoms. The van der Waals surface area contributed by atoms with Crippen molar-refractivity contribution in [3.8, 4) is 5.75 Å². The van der Waals surface area contributed by atoms with Crippen LogP contribution in [0.1, 0.15) is 30.6 Å². The molecule has 0 radical (unpaired) electrons. The largest absolute Gasteiger partial charge is 0.494 e. The van der Waals surface area contributed by atoms with Crippen molar-refractivity contribution < 1.29 is 23.9 Å². The standard InChI is InChI=1S/C22H21ClN2O5/c1-3-13-30-22(28)14-5-7-15(8-6-14)24-19-18(23)20(26)25(21(19)27)16-9-11-17(12-10-16)29-4-2/h5-12,24H,3-4,13H2,1-2H3. The Morgan fingerprint density at radius 2 is 1.67 bits per heavy atom. The van der Waals surface area contributed by atoms with Gasteiger partial charge in [0.2, 0.25) is 0 Å². The van der Waals surface area contributed by atoms with Gasteiger partial charge in [0.15, 0.2) is 0 Å². The number of carbonyl (C=O) groups excluding carboxylic acids is 3. The predicted molar refractivity (Wildman–Crippen MR) is 114 cm³/mol. The maximum Gasteiger partial charge on any atom is 0.338 e. The van der Waals surface area contributed by atoms with Crippen LogP contribution in [0.3, 0.4) is 0 Å². The first-order valence-corrected chi connectivity index (χ1v) is 9.89. The molecule has 2 amide bonds. The van der Waals surface area contributed by atoms with Crippen LogP contribution in [0.25, 0.3) is 0 Å². The van der Waals surface area contributed by atoms with Gasteiger partial charge in [0.1, 0.15) is 16.5 Å². The van der Waals surface area contributed by atoms with E-state index >= 15 is 0 Å². The van der Waals surface area contributed by atoms with Gasteiger partial charge < -0.3 is 14.8 Å². The van der Waals surface area contributed by atoms with Crippen molar-refractivity contribution >= 4 is 40.8 Å². The molecule has 0 saturated heterocycles. The first-order chi connectivity index (χ1) is 14.5. The minimum Gasteiger partial charge on any atom is -0.494 e. The molecule has 1 aliphatic rings. The fraction of sp³-hybridized carbons (Fsp3) is 0.227. The summed E-state index contributed by atoms with van der Waals surface area (Å²) in [5, 5.41) is 2.66. The molecule has 3 rings (SSSR count). The number of rotatable bonds is 8. The van der Waals surface area contributed by atoms with E-state index in [-0.39, 0.29) is 10.7 Å². The summed E-state index contributed by atoms with van der Waals surface area (Å²) in [5.74, 6) is -0.974. The van der Waals surface area contributed by atoms with Gasteiger partial charge in [-0.2, -0.15) is 0 Å². The molecular formula is C22H21ClN2O5. The Hall–Kier alpha value is -3.32. The first-order valence-electron chi connectivity index (χ1n) is 9.51. The van der Waals surface area contributed by atoms with Crippen LogP contribution < -0.4 is 15.0 Å². The molecule has 156 valence electrons. The Labute approximate surface area is 179 Å². The lowest BCUT2D eigenvalue weighted by molar-refractivity contribution is -0.120. The number of hydrogen-bond acceptors (Lipinski definition) is 6. The Morgan fingerprint density at radius 1 is 1.00 bits per heavy atom. The first kappa shape index (κ1) is 21.4. The second-order valence-corrected chi connectivity index (χ2v) is 6.78. The third-order valence-electron chi connectivity index (χ3n) is 4.26. The summed E-state index contributed by atoms with van der Waals surface area (Å²) >= 11 is 6.14. The highest BCUT2D eigenvalue weighted by Gasteiger charge is 2.38. The zero-order valence-electron chi connectivity index (χ0n) is 16.6. The Morgan fingerprint density at radius 3 is 2.27 bits per heavy atom. The minimum atomic E-state index is -0.618. The quantitative estimate of drug-likeness (QED) is 0.503. The monoisotopic (exact) mass is 428 g/mol. The molecule has 8 heteroatoms. The van der Waals surface area contributed by atoms with E-state index in [0.29, 0.717) is 35.9 Å². The van der Waals surface area contributed by atoms with E-state index in [2.05, 4.69) is 5.32 Å². The van der Waals surface area contributed by atoms with Gasteiger partial charge in [-0.05, 0) is 61.9 Å². The molecule has 0 unspecified atom stereocenters. The maximum atomic E-state index is 12.8. The zero-order chi connectivity index (χ0) is 21.7. The molecule has 30 heavy (non-hydrogen) atoms. The van der Waals surface area contributed by atoms with E-state index in [4.69, 9.17) is 21.1 Å². The van der Waals surface area contributed by atoms with Crippen molar-refractivity contribution in [2.45, 2.75) is 20.3 Å². The van der Waals surface area contributed by atoms with Crippen LogP contribution in [0.4, 0.5) is 11.4 Å². The van der Waals surface area contributed by atoms with Crippen molar-refractivity contribution in [3.63, 3.8) is 0 Å². The number of ether oxygens (including phenoxy) is 2. The van der Waals surface area contributed by atoms with Crippen LogP contribution in [0, 0.1) is 0 Å². The summed E-state index contributed by atoms with van der Waals surface area (Å²) < 4.78 is 10.5. The van der Waals surface area contributed by atoms with Gasteiger partial charge in [-0.3, -0.25) is 9.59 Å². The average Bonchev–Trinajstić information content (AvgIpc) is 2.96. The molecule has 0 aliphatic carbocycles. The molecule has 0 atom stereocenters. The fourth-order valence-electron chi connectivity index (χ4n) is 2.82.